The zero-order valence-electron chi connectivity index (χ0n) is 20.5. The van der Waals surface area contributed by atoms with Gasteiger partial charge in [0.15, 0.2) is 0 Å². The normalized spacial score (nSPS) is 11.9. The van der Waals surface area contributed by atoms with E-state index in [2.05, 4.69) is 0 Å². The van der Waals surface area contributed by atoms with Gasteiger partial charge in [0.1, 0.15) is 5.84 Å². The molecule has 0 bridgehead atoms. The predicted molar refractivity (Wildman–Crippen MR) is 149 cm³/mol. The van der Waals surface area contributed by atoms with E-state index in [1.165, 1.54) is 0 Å². The number of nitrogens with two attached hydrogens (primary N) is 7. The Kier molecular flexibility index (Phi) is 7.51. The average Bonchev–Trinajstić information content (AvgIpc) is 2.90. The zero-order chi connectivity index (χ0) is 26.7. The molecule has 4 rings (SSSR count). The minimum absolute atomic E-state index is 0.000934. The molecule has 0 atom stereocenters. The lowest BCUT2D eigenvalue weighted by Gasteiger charge is -2.37. The Morgan fingerprint density at radius 2 is 0.703 bits per heavy atom. The molecule has 8 heteroatoms. The van der Waals surface area contributed by atoms with E-state index in [1.54, 1.807) is 0 Å². The van der Waals surface area contributed by atoms with E-state index in [0.29, 0.717) is 5.56 Å². The van der Waals surface area contributed by atoms with Crippen LogP contribution in [0.5, 0.6) is 0 Å². The average molecular weight is 495 g/mol. The first-order valence-electron chi connectivity index (χ1n) is 11.9. The Morgan fingerprint density at radius 3 is 0.919 bits per heavy atom. The van der Waals surface area contributed by atoms with Crippen molar-refractivity contribution in [1.29, 1.82) is 5.41 Å². The van der Waals surface area contributed by atoms with E-state index in [1.807, 2.05) is 97.1 Å². The van der Waals surface area contributed by atoms with Gasteiger partial charge in [-0.2, -0.15) is 0 Å². The van der Waals surface area contributed by atoms with Crippen LogP contribution in [-0.2, 0) is 5.41 Å². The molecule has 15 N–H and O–H groups in total. The molecule has 0 saturated carbocycles. The van der Waals surface area contributed by atoms with Crippen molar-refractivity contribution >= 4 is 5.84 Å². The van der Waals surface area contributed by atoms with Crippen molar-refractivity contribution in [3.8, 4) is 0 Å². The van der Waals surface area contributed by atoms with Crippen LogP contribution < -0.4 is 40.1 Å². The smallest absolute Gasteiger partial charge is 0.122 e. The summed E-state index contributed by atoms with van der Waals surface area (Å²) in [4.78, 5) is 0. The summed E-state index contributed by atoms with van der Waals surface area (Å²) in [6.45, 7) is 0. The summed E-state index contributed by atoms with van der Waals surface area (Å²) < 4.78 is 0. The molecule has 4 aromatic rings. The van der Waals surface area contributed by atoms with Crippen molar-refractivity contribution < 1.29 is 0 Å². The Hall–Kier alpha value is -3.89. The highest BCUT2D eigenvalue weighted by Crippen LogP contribution is 2.45. The molecule has 0 aliphatic carbocycles. The van der Waals surface area contributed by atoms with Gasteiger partial charge in [-0.05, 0) is 38.9 Å². The maximum Gasteiger partial charge on any atom is 0.122 e. The highest BCUT2D eigenvalue weighted by atomic mass is 14.9. The summed E-state index contributed by atoms with van der Waals surface area (Å²) in [5, 5.41) is 7.85. The fraction of sp³-hybridized carbons (Fsp3) is 0.138. The standard InChI is InChI=1S/C29H34N8/c30-25(31)17-1-9-21(10-2-17)29(22-11-3-18(4-12-22)26(32)33,23-13-5-19(6-14-23)27(34)35)24-15-7-20(8-16-24)28(36)37/h1-16,25-27H,30-35H2,(H3,36,37). The molecule has 8 nitrogen and oxygen atoms in total. The molecule has 0 saturated heterocycles. The quantitative estimate of drug-likeness (QED) is 0.0791. The van der Waals surface area contributed by atoms with Crippen LogP contribution in [0.4, 0.5) is 0 Å². The largest absolute Gasteiger partial charge is 0.384 e. The van der Waals surface area contributed by atoms with E-state index < -0.39 is 23.9 Å². The summed E-state index contributed by atoms with van der Waals surface area (Å²) in [6, 6.07) is 31.5. The monoisotopic (exact) mass is 494 g/mol. The number of hydrogen-bond donors (Lipinski definition) is 8. The fourth-order valence-electron chi connectivity index (χ4n) is 4.77. The number of rotatable bonds is 8. The molecule has 4 aromatic carbocycles. The summed E-state index contributed by atoms with van der Waals surface area (Å²) in [7, 11) is 0. The van der Waals surface area contributed by atoms with Gasteiger partial charge in [0.05, 0.1) is 23.9 Å². The molecule has 0 unspecified atom stereocenters. The lowest BCUT2D eigenvalue weighted by Crippen LogP contribution is -2.32. The van der Waals surface area contributed by atoms with Crippen LogP contribution in [0.1, 0.15) is 63.0 Å². The van der Waals surface area contributed by atoms with Crippen molar-refractivity contribution in [2.24, 2.45) is 40.1 Å². The zero-order valence-corrected chi connectivity index (χ0v) is 20.5. The molecule has 0 heterocycles. The second-order valence-corrected chi connectivity index (χ2v) is 9.18. The molecule has 0 amide bonds. The van der Waals surface area contributed by atoms with Crippen LogP contribution in [0.25, 0.3) is 0 Å². The van der Waals surface area contributed by atoms with Gasteiger partial charge in [0, 0.05) is 5.56 Å². The minimum Gasteiger partial charge on any atom is -0.384 e. The van der Waals surface area contributed by atoms with Gasteiger partial charge in [0.25, 0.3) is 0 Å². The number of nitrogen functional groups attached to an aromatic ring is 1. The molecular formula is C29H34N8. The lowest BCUT2D eigenvalue weighted by atomic mass is 9.64. The topological polar surface area (TPSA) is 206 Å². The third-order valence-corrected chi connectivity index (χ3v) is 6.81. The number of benzene rings is 4. The van der Waals surface area contributed by atoms with Gasteiger partial charge in [-0.1, -0.05) is 97.1 Å². The van der Waals surface area contributed by atoms with Gasteiger partial charge in [0.2, 0.25) is 0 Å². The number of amidine groups is 1. The Balaban J connectivity index is 2.06. The van der Waals surface area contributed by atoms with Crippen LogP contribution in [0, 0.1) is 5.41 Å². The van der Waals surface area contributed by atoms with Crippen molar-refractivity contribution in [3.63, 3.8) is 0 Å². The van der Waals surface area contributed by atoms with Crippen molar-refractivity contribution in [2.45, 2.75) is 23.9 Å². The fourth-order valence-corrected chi connectivity index (χ4v) is 4.77. The molecule has 0 aromatic heterocycles. The Labute approximate surface area is 216 Å². The first kappa shape index (κ1) is 26.2. The summed E-state index contributed by atoms with van der Waals surface area (Å²) in [5.74, 6) is 0.000934. The van der Waals surface area contributed by atoms with E-state index in [-0.39, 0.29) is 5.84 Å². The molecule has 0 aliphatic rings. The minimum atomic E-state index is -0.763. The Morgan fingerprint density at radius 1 is 0.459 bits per heavy atom. The number of hydrogen-bond acceptors (Lipinski definition) is 7. The van der Waals surface area contributed by atoms with Crippen LogP contribution >= 0.6 is 0 Å². The van der Waals surface area contributed by atoms with E-state index in [4.69, 9.17) is 45.5 Å². The summed E-state index contributed by atoms with van der Waals surface area (Å²) in [6.07, 6.45) is -1.77. The predicted octanol–water partition coefficient (Wildman–Crippen LogP) is 2.10. The van der Waals surface area contributed by atoms with E-state index >= 15 is 0 Å². The van der Waals surface area contributed by atoms with E-state index in [0.717, 1.165) is 38.9 Å². The van der Waals surface area contributed by atoms with Gasteiger partial charge in [-0.3, -0.25) is 5.41 Å². The molecule has 0 spiro atoms. The molecule has 0 fully saturated rings. The van der Waals surface area contributed by atoms with Crippen LogP contribution in [0.2, 0.25) is 0 Å². The highest BCUT2D eigenvalue weighted by Gasteiger charge is 2.38. The summed E-state index contributed by atoms with van der Waals surface area (Å²) >= 11 is 0. The second kappa shape index (κ2) is 10.6. The van der Waals surface area contributed by atoms with Crippen LogP contribution in [-0.4, -0.2) is 5.84 Å². The molecule has 37 heavy (non-hydrogen) atoms. The molecule has 190 valence electrons. The van der Waals surface area contributed by atoms with Gasteiger partial charge < -0.3 is 40.1 Å². The van der Waals surface area contributed by atoms with Crippen molar-refractivity contribution in [2.75, 3.05) is 0 Å². The van der Waals surface area contributed by atoms with Crippen LogP contribution in [0.15, 0.2) is 97.1 Å². The maximum atomic E-state index is 7.85. The number of nitrogens with one attached hydrogen (secondary N) is 1. The summed E-state index contributed by atoms with van der Waals surface area (Å²) in [5.41, 5.74) is 47.7. The third kappa shape index (κ3) is 5.03. The van der Waals surface area contributed by atoms with Gasteiger partial charge in [-0.25, -0.2) is 0 Å². The first-order chi connectivity index (χ1) is 17.6. The van der Waals surface area contributed by atoms with Crippen molar-refractivity contribution in [3.05, 3.63) is 142 Å². The van der Waals surface area contributed by atoms with Crippen LogP contribution in [0.3, 0.4) is 0 Å². The van der Waals surface area contributed by atoms with Gasteiger partial charge in [-0.15, -0.1) is 0 Å². The highest BCUT2D eigenvalue weighted by molar-refractivity contribution is 5.95. The lowest BCUT2D eigenvalue weighted by molar-refractivity contribution is 0.727. The second-order valence-electron chi connectivity index (χ2n) is 9.18. The molecular weight excluding hydrogens is 460 g/mol. The molecule has 0 radical (unpaired) electrons. The van der Waals surface area contributed by atoms with Crippen molar-refractivity contribution in [1.82, 2.24) is 0 Å². The SMILES string of the molecule is N=C(N)c1ccc(C(c2ccc(C(N)N)cc2)(c2ccc(C(N)N)cc2)c2ccc(C(N)N)cc2)cc1. The third-order valence-electron chi connectivity index (χ3n) is 6.81. The van der Waals surface area contributed by atoms with E-state index in [9.17, 15) is 0 Å². The molecule has 0 aliphatic heterocycles. The van der Waals surface area contributed by atoms with Gasteiger partial charge >= 0.3 is 0 Å². The first-order valence-corrected chi connectivity index (χ1v) is 11.9. The maximum absolute atomic E-state index is 7.85. The Bertz CT molecular complexity index is 1220.